The first-order valence-electron chi connectivity index (χ1n) is 6.23. The lowest BCUT2D eigenvalue weighted by Gasteiger charge is -2.38. The highest BCUT2D eigenvalue weighted by atomic mass is 35.5. The minimum atomic E-state index is -0.305. The molecule has 1 N–H and O–H groups in total. The SMILES string of the molecule is CN(C(=O)C1(C)CCCCN1)C1CCSC1.Cl. The molecule has 2 fully saturated rings. The maximum atomic E-state index is 12.5. The molecular formula is C12H23ClN2OS. The van der Waals surface area contributed by atoms with Crippen LogP contribution in [0.15, 0.2) is 0 Å². The van der Waals surface area contributed by atoms with E-state index in [-0.39, 0.29) is 17.9 Å². The normalized spacial score (nSPS) is 32.9. The van der Waals surface area contributed by atoms with E-state index < -0.39 is 0 Å². The highest BCUT2D eigenvalue weighted by Gasteiger charge is 2.38. The summed E-state index contributed by atoms with van der Waals surface area (Å²) in [6, 6.07) is 0.457. The van der Waals surface area contributed by atoms with Crippen molar-refractivity contribution in [2.24, 2.45) is 0 Å². The number of amides is 1. The van der Waals surface area contributed by atoms with E-state index in [1.807, 2.05) is 23.7 Å². The first-order valence-corrected chi connectivity index (χ1v) is 7.39. The third-order valence-electron chi connectivity index (χ3n) is 3.86. The Hall–Kier alpha value is 0.0700. The molecule has 1 amide bonds. The second-order valence-corrected chi connectivity index (χ2v) is 6.30. The van der Waals surface area contributed by atoms with Crippen molar-refractivity contribution in [2.45, 2.75) is 44.2 Å². The summed E-state index contributed by atoms with van der Waals surface area (Å²) in [6.07, 6.45) is 4.51. The van der Waals surface area contributed by atoms with Crippen molar-refractivity contribution in [3.63, 3.8) is 0 Å². The van der Waals surface area contributed by atoms with Gasteiger partial charge in [-0.05, 0) is 44.9 Å². The van der Waals surface area contributed by atoms with Crippen LogP contribution in [0.4, 0.5) is 0 Å². The van der Waals surface area contributed by atoms with E-state index in [2.05, 4.69) is 12.2 Å². The summed E-state index contributed by atoms with van der Waals surface area (Å²) >= 11 is 1.96. The summed E-state index contributed by atoms with van der Waals surface area (Å²) in [5.74, 6) is 2.60. The van der Waals surface area contributed by atoms with Crippen molar-refractivity contribution >= 4 is 30.1 Å². The molecule has 0 aromatic heterocycles. The van der Waals surface area contributed by atoms with Crippen LogP contribution in [0.3, 0.4) is 0 Å². The van der Waals surface area contributed by atoms with Gasteiger partial charge in [-0.2, -0.15) is 11.8 Å². The number of hydrogen-bond donors (Lipinski definition) is 1. The van der Waals surface area contributed by atoms with E-state index >= 15 is 0 Å². The van der Waals surface area contributed by atoms with Crippen LogP contribution in [0.25, 0.3) is 0 Å². The van der Waals surface area contributed by atoms with Gasteiger partial charge in [-0.15, -0.1) is 12.4 Å². The molecule has 17 heavy (non-hydrogen) atoms. The minimum absolute atomic E-state index is 0. The van der Waals surface area contributed by atoms with E-state index in [0.29, 0.717) is 11.9 Å². The highest BCUT2D eigenvalue weighted by Crippen LogP contribution is 2.26. The lowest BCUT2D eigenvalue weighted by atomic mass is 9.89. The molecule has 0 radical (unpaired) electrons. The Balaban J connectivity index is 0.00000144. The molecule has 2 aliphatic heterocycles. The number of piperidine rings is 1. The lowest BCUT2D eigenvalue weighted by molar-refractivity contribution is -0.139. The van der Waals surface area contributed by atoms with Crippen LogP contribution in [-0.4, -0.2) is 47.5 Å². The molecule has 2 saturated heterocycles. The fourth-order valence-electron chi connectivity index (χ4n) is 2.62. The van der Waals surface area contributed by atoms with E-state index in [0.717, 1.165) is 25.1 Å². The van der Waals surface area contributed by atoms with Crippen molar-refractivity contribution in [1.82, 2.24) is 10.2 Å². The second-order valence-electron chi connectivity index (χ2n) is 5.15. The molecule has 2 aliphatic rings. The predicted octanol–water partition coefficient (Wildman–Crippen LogP) is 1.90. The molecule has 2 rings (SSSR count). The third-order valence-corrected chi connectivity index (χ3v) is 5.01. The number of nitrogens with one attached hydrogen (secondary N) is 1. The highest BCUT2D eigenvalue weighted by molar-refractivity contribution is 7.99. The number of carbonyl (C=O) groups is 1. The molecule has 2 heterocycles. The molecule has 0 aliphatic carbocycles. The molecule has 0 spiro atoms. The van der Waals surface area contributed by atoms with Crippen LogP contribution in [-0.2, 0) is 4.79 Å². The van der Waals surface area contributed by atoms with Crippen molar-refractivity contribution in [2.75, 3.05) is 25.1 Å². The van der Waals surface area contributed by atoms with E-state index in [4.69, 9.17) is 0 Å². The van der Waals surface area contributed by atoms with Gasteiger partial charge in [-0.25, -0.2) is 0 Å². The largest absolute Gasteiger partial charge is 0.340 e. The maximum Gasteiger partial charge on any atom is 0.242 e. The average molecular weight is 279 g/mol. The quantitative estimate of drug-likeness (QED) is 0.837. The average Bonchev–Trinajstić information content (AvgIpc) is 2.81. The summed E-state index contributed by atoms with van der Waals surface area (Å²) in [5, 5.41) is 3.40. The van der Waals surface area contributed by atoms with E-state index in [1.54, 1.807) is 0 Å². The number of rotatable bonds is 2. The maximum absolute atomic E-state index is 12.5. The molecule has 0 aromatic carbocycles. The zero-order valence-electron chi connectivity index (χ0n) is 10.7. The standard InChI is InChI=1S/C12H22N2OS.ClH/c1-12(6-3-4-7-13-12)11(15)14(2)10-5-8-16-9-10;/h10,13H,3-9H2,1-2H3;1H. The van der Waals surface area contributed by atoms with Crippen LogP contribution >= 0.6 is 24.2 Å². The van der Waals surface area contributed by atoms with Crippen molar-refractivity contribution in [3.8, 4) is 0 Å². The first-order chi connectivity index (χ1) is 7.63. The topological polar surface area (TPSA) is 32.3 Å². The summed E-state index contributed by atoms with van der Waals surface area (Å²) in [4.78, 5) is 14.4. The van der Waals surface area contributed by atoms with Crippen molar-refractivity contribution in [3.05, 3.63) is 0 Å². The van der Waals surface area contributed by atoms with Gasteiger partial charge in [0.25, 0.3) is 0 Å². The van der Waals surface area contributed by atoms with Crippen molar-refractivity contribution < 1.29 is 4.79 Å². The molecule has 2 atom stereocenters. The summed E-state index contributed by atoms with van der Waals surface area (Å²) < 4.78 is 0. The monoisotopic (exact) mass is 278 g/mol. The summed E-state index contributed by atoms with van der Waals surface area (Å²) in [6.45, 7) is 3.04. The fourth-order valence-corrected chi connectivity index (χ4v) is 3.89. The molecule has 5 heteroatoms. The molecule has 0 bridgehead atoms. The van der Waals surface area contributed by atoms with Crippen molar-refractivity contribution in [1.29, 1.82) is 0 Å². The van der Waals surface area contributed by atoms with Crippen LogP contribution in [0.5, 0.6) is 0 Å². The van der Waals surface area contributed by atoms with Gasteiger partial charge in [0.05, 0.1) is 5.54 Å². The number of halogens is 1. The summed E-state index contributed by atoms with van der Waals surface area (Å²) in [5.41, 5.74) is -0.305. The van der Waals surface area contributed by atoms with Gasteiger partial charge in [0.1, 0.15) is 0 Å². The van der Waals surface area contributed by atoms with E-state index in [9.17, 15) is 4.79 Å². The lowest BCUT2D eigenvalue weighted by Crippen LogP contribution is -2.59. The number of carbonyl (C=O) groups excluding carboxylic acids is 1. The van der Waals surface area contributed by atoms with Gasteiger partial charge in [-0.3, -0.25) is 4.79 Å². The van der Waals surface area contributed by atoms with Gasteiger partial charge in [0.15, 0.2) is 0 Å². The Morgan fingerprint density at radius 2 is 2.24 bits per heavy atom. The molecular weight excluding hydrogens is 256 g/mol. The Kier molecular flexibility index (Phi) is 5.61. The Bertz CT molecular complexity index is 263. The van der Waals surface area contributed by atoms with Gasteiger partial charge < -0.3 is 10.2 Å². The van der Waals surface area contributed by atoms with Crippen LogP contribution in [0.2, 0.25) is 0 Å². The Morgan fingerprint density at radius 3 is 2.76 bits per heavy atom. The molecule has 3 nitrogen and oxygen atoms in total. The molecule has 0 aromatic rings. The molecule has 100 valence electrons. The zero-order chi connectivity index (χ0) is 11.6. The number of hydrogen-bond acceptors (Lipinski definition) is 3. The third kappa shape index (κ3) is 3.30. The van der Waals surface area contributed by atoms with Gasteiger partial charge >= 0.3 is 0 Å². The summed E-state index contributed by atoms with van der Waals surface area (Å²) in [7, 11) is 1.97. The van der Waals surface area contributed by atoms with Gasteiger partial charge in [0.2, 0.25) is 5.91 Å². The number of likely N-dealkylation sites (N-methyl/N-ethyl adjacent to an activating group) is 1. The van der Waals surface area contributed by atoms with Gasteiger partial charge in [0, 0.05) is 18.8 Å². The predicted molar refractivity (Wildman–Crippen MR) is 76.0 cm³/mol. The smallest absolute Gasteiger partial charge is 0.242 e. The molecule has 0 saturated carbocycles. The number of nitrogens with zero attached hydrogens (tertiary/aromatic N) is 1. The Morgan fingerprint density at radius 1 is 1.47 bits per heavy atom. The van der Waals surface area contributed by atoms with Crippen LogP contribution in [0, 0.1) is 0 Å². The first kappa shape index (κ1) is 15.1. The van der Waals surface area contributed by atoms with Crippen LogP contribution in [0.1, 0.15) is 32.6 Å². The second kappa shape index (κ2) is 6.30. The van der Waals surface area contributed by atoms with Crippen LogP contribution < -0.4 is 5.32 Å². The Labute approximate surface area is 114 Å². The minimum Gasteiger partial charge on any atom is -0.340 e. The number of thioether (sulfide) groups is 1. The van der Waals surface area contributed by atoms with E-state index in [1.165, 1.54) is 18.6 Å². The fraction of sp³-hybridized carbons (Fsp3) is 0.917. The van der Waals surface area contributed by atoms with Gasteiger partial charge in [-0.1, -0.05) is 0 Å². The molecule has 2 unspecified atom stereocenters. The zero-order valence-corrected chi connectivity index (χ0v) is 12.3.